The van der Waals surface area contributed by atoms with Gasteiger partial charge in [-0.15, -0.1) is 0 Å². The van der Waals surface area contributed by atoms with Gasteiger partial charge in [0, 0.05) is 9.53 Å². The summed E-state index contributed by atoms with van der Waals surface area (Å²) in [7, 11) is 0. The SMILES string of the molecule is [2H]C([2H])([2H])C1(C)CC(C)(C)C=C(I)C1=O. The van der Waals surface area contributed by atoms with Gasteiger partial charge in [-0.1, -0.05) is 33.7 Å². The summed E-state index contributed by atoms with van der Waals surface area (Å²) in [5.41, 5.74) is -1.46. The first-order valence-electron chi connectivity index (χ1n) is 5.43. The number of rotatable bonds is 0. The Balaban J connectivity index is 3.26. The minimum absolute atomic E-state index is 0.229. The fourth-order valence-corrected chi connectivity index (χ4v) is 3.15. The Bertz CT molecular complexity index is 330. The quantitative estimate of drug-likeness (QED) is 0.622. The average molecular weight is 281 g/mol. The fourth-order valence-electron chi connectivity index (χ4n) is 1.71. The summed E-state index contributed by atoms with van der Waals surface area (Å²) in [5, 5.41) is 0. The molecule has 1 unspecified atom stereocenters. The van der Waals surface area contributed by atoms with Crippen LogP contribution in [0, 0.1) is 10.8 Å². The number of Topliss-reactive ketones (excluding diaryl/α,β-unsaturated/α-hetero) is 1. The van der Waals surface area contributed by atoms with Crippen LogP contribution in [0.15, 0.2) is 9.66 Å². The summed E-state index contributed by atoms with van der Waals surface area (Å²) in [6.45, 7) is 3.24. The van der Waals surface area contributed by atoms with Crippen LogP contribution in [-0.2, 0) is 4.79 Å². The lowest BCUT2D eigenvalue weighted by Crippen LogP contribution is -2.34. The molecule has 1 aliphatic carbocycles. The van der Waals surface area contributed by atoms with Gasteiger partial charge >= 0.3 is 0 Å². The maximum Gasteiger partial charge on any atom is 0.174 e. The smallest absolute Gasteiger partial charge is 0.174 e. The van der Waals surface area contributed by atoms with E-state index in [2.05, 4.69) is 0 Å². The van der Waals surface area contributed by atoms with Crippen LogP contribution < -0.4 is 0 Å². The summed E-state index contributed by atoms with van der Waals surface area (Å²) in [4.78, 5) is 11.9. The van der Waals surface area contributed by atoms with Crippen LogP contribution in [0.5, 0.6) is 0 Å². The molecular weight excluding hydrogens is 263 g/mol. The molecule has 2 heteroatoms. The van der Waals surface area contributed by atoms with Crippen molar-refractivity contribution in [3.8, 4) is 0 Å². The van der Waals surface area contributed by atoms with E-state index >= 15 is 0 Å². The molecule has 1 nitrogen and oxygen atoms in total. The van der Waals surface area contributed by atoms with Crippen molar-refractivity contribution >= 4 is 28.4 Å². The summed E-state index contributed by atoms with van der Waals surface area (Å²) >= 11 is 1.93. The normalized spacial score (nSPS) is 39.5. The van der Waals surface area contributed by atoms with Gasteiger partial charge < -0.3 is 0 Å². The van der Waals surface area contributed by atoms with Crippen molar-refractivity contribution in [2.24, 2.45) is 10.8 Å². The molecule has 12 heavy (non-hydrogen) atoms. The number of carbonyl (C=O) groups is 1. The highest BCUT2D eigenvalue weighted by Crippen LogP contribution is 2.43. The summed E-state index contributed by atoms with van der Waals surface area (Å²) in [6.07, 6.45) is 2.24. The summed E-state index contributed by atoms with van der Waals surface area (Å²) < 4.78 is 23.1. The first-order valence-corrected chi connectivity index (χ1v) is 5.01. The summed E-state index contributed by atoms with van der Waals surface area (Å²) in [6, 6.07) is 0. The molecule has 1 rings (SSSR count). The van der Waals surface area contributed by atoms with Gasteiger partial charge in [-0.25, -0.2) is 0 Å². The Kier molecular flexibility index (Phi) is 1.55. The van der Waals surface area contributed by atoms with Gasteiger partial charge in [0.2, 0.25) is 0 Å². The van der Waals surface area contributed by atoms with Crippen molar-refractivity contribution in [1.29, 1.82) is 0 Å². The van der Waals surface area contributed by atoms with E-state index in [4.69, 9.17) is 4.11 Å². The second-order valence-corrected chi connectivity index (χ2v) is 5.48. The first kappa shape index (κ1) is 6.57. The Morgan fingerprint density at radius 2 is 2.17 bits per heavy atom. The van der Waals surface area contributed by atoms with E-state index in [1.165, 1.54) is 0 Å². The topological polar surface area (TPSA) is 17.1 Å². The van der Waals surface area contributed by atoms with E-state index in [1.54, 1.807) is 6.92 Å². The van der Waals surface area contributed by atoms with E-state index in [1.807, 2.05) is 42.5 Å². The Morgan fingerprint density at radius 1 is 1.58 bits per heavy atom. The van der Waals surface area contributed by atoms with Crippen molar-refractivity contribution in [2.45, 2.75) is 34.0 Å². The zero-order valence-corrected chi connectivity index (χ0v) is 9.73. The first-order chi connectivity index (χ1) is 6.50. The van der Waals surface area contributed by atoms with Gasteiger partial charge in [0.1, 0.15) is 0 Å². The van der Waals surface area contributed by atoms with Crippen LogP contribution in [-0.4, -0.2) is 5.78 Å². The molecule has 68 valence electrons. The Labute approximate surface area is 92.0 Å². The van der Waals surface area contributed by atoms with Gasteiger partial charge in [-0.3, -0.25) is 4.79 Å². The van der Waals surface area contributed by atoms with Crippen LogP contribution in [0.2, 0.25) is 0 Å². The number of ketones is 1. The molecule has 0 fully saturated rings. The minimum Gasteiger partial charge on any atom is -0.293 e. The van der Waals surface area contributed by atoms with Gasteiger partial charge in [-0.2, -0.15) is 0 Å². The maximum absolute atomic E-state index is 11.9. The molecular formula is C10H15IO. The zero-order chi connectivity index (χ0) is 12.1. The Morgan fingerprint density at radius 3 is 2.67 bits per heavy atom. The van der Waals surface area contributed by atoms with E-state index in [0.717, 1.165) is 0 Å². The lowest BCUT2D eigenvalue weighted by Gasteiger charge is -2.36. The number of hydrogen-bond acceptors (Lipinski definition) is 1. The van der Waals surface area contributed by atoms with Crippen LogP contribution in [0.1, 0.15) is 38.2 Å². The second kappa shape index (κ2) is 2.82. The van der Waals surface area contributed by atoms with Crippen molar-refractivity contribution in [3.05, 3.63) is 9.66 Å². The Hall–Kier alpha value is 0.140. The molecule has 0 bridgehead atoms. The van der Waals surface area contributed by atoms with Gasteiger partial charge in [0.15, 0.2) is 5.78 Å². The van der Waals surface area contributed by atoms with Gasteiger partial charge in [0.05, 0.1) is 3.58 Å². The third kappa shape index (κ3) is 1.90. The van der Waals surface area contributed by atoms with E-state index in [-0.39, 0.29) is 11.2 Å². The monoisotopic (exact) mass is 281 g/mol. The average Bonchev–Trinajstić information content (AvgIpc) is 1.96. The highest BCUT2D eigenvalue weighted by molar-refractivity contribution is 14.1. The number of carbonyl (C=O) groups excluding carboxylic acids is 1. The highest BCUT2D eigenvalue weighted by Gasteiger charge is 2.39. The summed E-state index contributed by atoms with van der Waals surface area (Å²) in [5.74, 6) is -0.248. The maximum atomic E-state index is 11.9. The van der Waals surface area contributed by atoms with Crippen molar-refractivity contribution < 1.29 is 8.91 Å². The molecule has 0 amide bonds. The molecule has 0 saturated carbocycles. The fraction of sp³-hybridized carbons (Fsp3) is 0.700. The number of halogens is 1. The third-order valence-corrected chi connectivity index (χ3v) is 2.85. The standard InChI is InChI=1S/C10H15IO/c1-9(2)5-7(11)8(12)10(3,4)6-9/h5H,6H2,1-4H3/i3D3. The minimum atomic E-state index is -2.23. The molecule has 0 spiro atoms. The third-order valence-electron chi connectivity index (χ3n) is 2.04. The van der Waals surface area contributed by atoms with Crippen LogP contribution in [0.25, 0.3) is 0 Å². The van der Waals surface area contributed by atoms with Crippen LogP contribution in [0.3, 0.4) is 0 Å². The van der Waals surface area contributed by atoms with E-state index < -0.39 is 12.3 Å². The van der Waals surface area contributed by atoms with Crippen LogP contribution in [0.4, 0.5) is 0 Å². The molecule has 0 aromatic carbocycles. The molecule has 0 N–H and O–H groups in total. The molecule has 1 aliphatic rings. The second-order valence-electron chi connectivity index (χ2n) is 4.32. The van der Waals surface area contributed by atoms with Gasteiger partial charge in [0.25, 0.3) is 0 Å². The van der Waals surface area contributed by atoms with E-state index in [9.17, 15) is 4.79 Å². The van der Waals surface area contributed by atoms with E-state index in [0.29, 0.717) is 10.0 Å². The lowest BCUT2D eigenvalue weighted by atomic mass is 9.69. The van der Waals surface area contributed by atoms with Crippen molar-refractivity contribution in [2.75, 3.05) is 0 Å². The predicted molar refractivity (Wildman–Crippen MR) is 59.3 cm³/mol. The highest BCUT2D eigenvalue weighted by atomic mass is 127. The zero-order valence-electron chi connectivity index (χ0n) is 10.6. The largest absolute Gasteiger partial charge is 0.293 e. The lowest BCUT2D eigenvalue weighted by molar-refractivity contribution is -0.124. The van der Waals surface area contributed by atoms with Crippen molar-refractivity contribution in [3.63, 3.8) is 0 Å². The molecule has 0 aromatic rings. The molecule has 0 aliphatic heterocycles. The molecule has 0 aromatic heterocycles. The molecule has 0 heterocycles. The molecule has 1 atom stereocenters. The van der Waals surface area contributed by atoms with Crippen molar-refractivity contribution in [1.82, 2.24) is 0 Å². The number of allylic oxidation sites excluding steroid dienone is 2. The molecule has 0 saturated heterocycles. The van der Waals surface area contributed by atoms with Crippen LogP contribution >= 0.6 is 22.6 Å². The van der Waals surface area contributed by atoms with Gasteiger partial charge in [-0.05, 0) is 34.4 Å². The molecule has 0 radical (unpaired) electrons. The predicted octanol–water partition coefficient (Wildman–Crippen LogP) is 3.33. The number of hydrogen-bond donors (Lipinski definition) is 0.